The van der Waals surface area contributed by atoms with Gasteiger partial charge in [0.2, 0.25) is 0 Å². The van der Waals surface area contributed by atoms with Gasteiger partial charge in [0.1, 0.15) is 5.82 Å². The quantitative estimate of drug-likeness (QED) is 0.729. The van der Waals surface area contributed by atoms with Crippen LogP contribution in [0.5, 0.6) is 0 Å². The number of methoxy groups -OCH3 is 1. The van der Waals surface area contributed by atoms with E-state index < -0.39 is 6.03 Å². The van der Waals surface area contributed by atoms with E-state index in [4.69, 9.17) is 9.47 Å². The molecule has 24 heavy (non-hydrogen) atoms. The van der Waals surface area contributed by atoms with Gasteiger partial charge in [-0.3, -0.25) is 0 Å². The topological polar surface area (TPSA) is 59.6 Å². The van der Waals surface area contributed by atoms with Crippen molar-refractivity contribution in [3.05, 3.63) is 65.5 Å². The van der Waals surface area contributed by atoms with Crippen LogP contribution in [-0.4, -0.2) is 26.4 Å². The van der Waals surface area contributed by atoms with Crippen molar-refractivity contribution in [1.82, 2.24) is 5.32 Å². The van der Waals surface area contributed by atoms with Crippen molar-refractivity contribution < 1.29 is 18.7 Å². The first-order valence-electron chi connectivity index (χ1n) is 7.63. The van der Waals surface area contributed by atoms with Gasteiger partial charge >= 0.3 is 6.03 Å². The maximum absolute atomic E-state index is 13.5. The van der Waals surface area contributed by atoms with E-state index in [-0.39, 0.29) is 12.4 Å². The van der Waals surface area contributed by atoms with Gasteiger partial charge < -0.3 is 20.1 Å². The summed E-state index contributed by atoms with van der Waals surface area (Å²) in [4.78, 5) is 11.9. The third-order valence-corrected chi connectivity index (χ3v) is 3.28. The molecule has 2 N–H and O–H groups in total. The van der Waals surface area contributed by atoms with Gasteiger partial charge in [-0.25, -0.2) is 9.18 Å². The van der Waals surface area contributed by atoms with E-state index in [0.29, 0.717) is 31.1 Å². The van der Waals surface area contributed by atoms with Gasteiger partial charge in [0, 0.05) is 24.9 Å². The number of hydrogen-bond donors (Lipinski definition) is 2. The van der Waals surface area contributed by atoms with Gasteiger partial charge in [-0.15, -0.1) is 0 Å². The molecule has 0 aliphatic heterocycles. The molecule has 0 fully saturated rings. The minimum absolute atomic E-state index is 0.123. The molecule has 2 rings (SSSR count). The number of rotatable bonds is 8. The first-order chi connectivity index (χ1) is 11.7. The number of halogens is 1. The van der Waals surface area contributed by atoms with E-state index in [1.165, 1.54) is 6.07 Å². The summed E-state index contributed by atoms with van der Waals surface area (Å²) < 4.78 is 23.9. The van der Waals surface area contributed by atoms with Crippen molar-refractivity contribution in [3.8, 4) is 0 Å². The molecule has 2 aromatic rings. The number of nitrogens with one attached hydrogen (secondary N) is 2. The fourth-order valence-corrected chi connectivity index (χ4v) is 2.06. The van der Waals surface area contributed by atoms with Crippen LogP contribution in [0.2, 0.25) is 0 Å². The van der Waals surface area contributed by atoms with Gasteiger partial charge in [0.25, 0.3) is 0 Å². The summed E-state index contributed by atoms with van der Waals surface area (Å²) in [5.41, 5.74) is 2.03. The predicted octanol–water partition coefficient (Wildman–Crippen LogP) is 3.31. The Bertz CT molecular complexity index is 664. The van der Waals surface area contributed by atoms with Crippen LogP contribution < -0.4 is 10.6 Å². The average Bonchev–Trinajstić information content (AvgIpc) is 2.58. The van der Waals surface area contributed by atoms with Gasteiger partial charge in [-0.1, -0.05) is 30.3 Å². The van der Waals surface area contributed by atoms with E-state index in [1.54, 1.807) is 31.4 Å². The fraction of sp³-hybridized carbons (Fsp3) is 0.278. The molecule has 6 heteroatoms. The Balaban J connectivity index is 1.82. The molecule has 0 atom stereocenters. The normalized spacial score (nSPS) is 10.4. The number of ether oxygens (including phenoxy) is 2. The third kappa shape index (κ3) is 5.98. The summed E-state index contributed by atoms with van der Waals surface area (Å²) in [6.45, 7) is 1.61. The third-order valence-electron chi connectivity index (χ3n) is 3.28. The standard InChI is InChI=1S/C18H21FN2O3/c1-23-9-10-24-13-14-5-4-7-16(11-14)21-18(22)20-12-15-6-2-3-8-17(15)19/h2-8,11H,9-10,12-13H2,1H3,(H2,20,21,22). The minimum Gasteiger partial charge on any atom is -0.382 e. The summed E-state index contributed by atoms with van der Waals surface area (Å²) >= 11 is 0. The second kappa shape index (κ2) is 9.64. The molecule has 5 nitrogen and oxygen atoms in total. The maximum Gasteiger partial charge on any atom is 0.319 e. The highest BCUT2D eigenvalue weighted by Crippen LogP contribution is 2.12. The molecular formula is C18H21FN2O3. The van der Waals surface area contributed by atoms with Crippen LogP contribution >= 0.6 is 0 Å². The smallest absolute Gasteiger partial charge is 0.319 e. The monoisotopic (exact) mass is 332 g/mol. The van der Waals surface area contributed by atoms with E-state index >= 15 is 0 Å². The number of benzene rings is 2. The summed E-state index contributed by atoms with van der Waals surface area (Å²) in [7, 11) is 1.62. The van der Waals surface area contributed by atoms with E-state index in [2.05, 4.69) is 10.6 Å². The number of carbonyl (C=O) groups excluding carboxylic acids is 1. The zero-order valence-corrected chi connectivity index (χ0v) is 13.5. The van der Waals surface area contributed by atoms with Gasteiger partial charge in [-0.05, 0) is 23.8 Å². The molecule has 0 heterocycles. The Labute approximate surface area is 140 Å². The highest BCUT2D eigenvalue weighted by atomic mass is 19.1. The number of hydrogen-bond acceptors (Lipinski definition) is 3. The summed E-state index contributed by atoms with van der Waals surface area (Å²) in [5.74, 6) is -0.340. The molecule has 2 amide bonds. The number of carbonyl (C=O) groups is 1. The predicted molar refractivity (Wildman–Crippen MR) is 90.2 cm³/mol. The van der Waals surface area contributed by atoms with Crippen molar-refractivity contribution in [2.24, 2.45) is 0 Å². The summed E-state index contributed by atoms with van der Waals surface area (Å²) in [6.07, 6.45) is 0. The Hall–Kier alpha value is -2.44. The highest BCUT2D eigenvalue weighted by molar-refractivity contribution is 5.89. The zero-order valence-electron chi connectivity index (χ0n) is 13.5. The molecule has 2 aromatic carbocycles. The molecule has 0 saturated heterocycles. The fourth-order valence-electron chi connectivity index (χ4n) is 2.06. The molecule has 0 radical (unpaired) electrons. The second-order valence-electron chi connectivity index (χ2n) is 5.14. The summed E-state index contributed by atoms with van der Waals surface area (Å²) in [6, 6.07) is 13.3. The Morgan fingerprint density at radius 3 is 2.75 bits per heavy atom. The van der Waals surface area contributed by atoms with Crippen LogP contribution in [0, 0.1) is 5.82 Å². The van der Waals surface area contributed by atoms with Crippen LogP contribution in [0.15, 0.2) is 48.5 Å². The maximum atomic E-state index is 13.5. The van der Waals surface area contributed by atoms with E-state index in [9.17, 15) is 9.18 Å². The van der Waals surface area contributed by atoms with Gasteiger partial charge in [-0.2, -0.15) is 0 Å². The number of anilines is 1. The molecule has 0 unspecified atom stereocenters. The van der Waals surface area contributed by atoms with Crippen molar-refractivity contribution in [2.45, 2.75) is 13.2 Å². The minimum atomic E-state index is -0.393. The molecule has 128 valence electrons. The number of amides is 2. The first-order valence-corrected chi connectivity index (χ1v) is 7.63. The lowest BCUT2D eigenvalue weighted by molar-refractivity contribution is 0.0617. The number of urea groups is 1. The van der Waals surface area contributed by atoms with E-state index in [1.807, 2.05) is 18.2 Å². The lowest BCUT2D eigenvalue weighted by Gasteiger charge is -2.10. The Morgan fingerprint density at radius 1 is 1.12 bits per heavy atom. The lowest BCUT2D eigenvalue weighted by atomic mass is 10.2. The van der Waals surface area contributed by atoms with Gasteiger partial charge in [0.15, 0.2) is 0 Å². The molecule has 0 aliphatic rings. The van der Waals surface area contributed by atoms with Crippen LogP contribution in [0.3, 0.4) is 0 Å². The van der Waals surface area contributed by atoms with Crippen LogP contribution in [-0.2, 0) is 22.6 Å². The first kappa shape index (κ1) is 17.9. The molecule has 0 saturated carbocycles. The molecule has 0 aromatic heterocycles. The second-order valence-corrected chi connectivity index (χ2v) is 5.14. The molecular weight excluding hydrogens is 311 g/mol. The Kier molecular flexibility index (Phi) is 7.20. The highest BCUT2D eigenvalue weighted by Gasteiger charge is 2.05. The lowest BCUT2D eigenvalue weighted by Crippen LogP contribution is -2.28. The SMILES string of the molecule is COCCOCc1cccc(NC(=O)NCc2ccccc2F)c1. The molecule has 0 aliphatic carbocycles. The molecule has 0 bridgehead atoms. The van der Waals surface area contributed by atoms with Crippen LogP contribution in [0.4, 0.5) is 14.9 Å². The Morgan fingerprint density at radius 2 is 1.96 bits per heavy atom. The largest absolute Gasteiger partial charge is 0.382 e. The van der Waals surface area contributed by atoms with Crippen LogP contribution in [0.1, 0.15) is 11.1 Å². The van der Waals surface area contributed by atoms with Crippen molar-refractivity contribution >= 4 is 11.7 Å². The summed E-state index contributed by atoms with van der Waals surface area (Å²) in [5, 5.41) is 5.35. The van der Waals surface area contributed by atoms with Crippen molar-refractivity contribution in [1.29, 1.82) is 0 Å². The average molecular weight is 332 g/mol. The van der Waals surface area contributed by atoms with E-state index in [0.717, 1.165) is 5.56 Å². The van der Waals surface area contributed by atoms with Crippen LogP contribution in [0.25, 0.3) is 0 Å². The molecule has 0 spiro atoms. The zero-order chi connectivity index (χ0) is 17.2. The van der Waals surface area contributed by atoms with Gasteiger partial charge in [0.05, 0.1) is 19.8 Å². The van der Waals surface area contributed by atoms with Crippen molar-refractivity contribution in [2.75, 3.05) is 25.6 Å². The van der Waals surface area contributed by atoms with Crippen molar-refractivity contribution in [3.63, 3.8) is 0 Å².